The van der Waals surface area contributed by atoms with Crippen molar-refractivity contribution in [2.24, 2.45) is 5.92 Å². The van der Waals surface area contributed by atoms with Gasteiger partial charge in [-0.25, -0.2) is 4.68 Å². The Hall–Kier alpha value is -1.43. The minimum absolute atomic E-state index is 0.123. The fourth-order valence-corrected chi connectivity index (χ4v) is 2.08. The molecule has 2 rings (SSSR count). The summed E-state index contributed by atoms with van der Waals surface area (Å²) in [5.41, 5.74) is 0.957. The summed E-state index contributed by atoms with van der Waals surface area (Å²) in [6.07, 6.45) is 2.78. The molecule has 0 aromatic carbocycles. The molecular weight excluding hydrogens is 230 g/mol. The second kappa shape index (κ2) is 5.95. The number of piperazine rings is 1. The lowest BCUT2D eigenvalue weighted by Gasteiger charge is -2.27. The normalized spacial score (nSPS) is 16.3. The van der Waals surface area contributed by atoms with Crippen LogP contribution in [0.2, 0.25) is 0 Å². The van der Waals surface area contributed by atoms with Gasteiger partial charge >= 0.3 is 0 Å². The molecule has 0 radical (unpaired) electrons. The van der Waals surface area contributed by atoms with Gasteiger partial charge in [0.1, 0.15) is 6.54 Å². The van der Waals surface area contributed by atoms with Crippen molar-refractivity contribution in [2.45, 2.75) is 26.8 Å². The van der Waals surface area contributed by atoms with Crippen LogP contribution in [0, 0.1) is 5.92 Å². The predicted octanol–water partition coefficient (Wildman–Crippen LogP) is -0.0916. The highest BCUT2D eigenvalue weighted by atomic mass is 16.2. The van der Waals surface area contributed by atoms with Crippen LogP contribution in [0.3, 0.4) is 0 Å². The summed E-state index contributed by atoms with van der Waals surface area (Å²) in [4.78, 5) is 13.9. The van der Waals surface area contributed by atoms with Crippen LogP contribution in [0.5, 0.6) is 0 Å². The van der Waals surface area contributed by atoms with E-state index in [1.807, 2.05) is 11.1 Å². The molecule has 0 atom stereocenters. The van der Waals surface area contributed by atoms with Gasteiger partial charge in [-0.05, 0) is 12.3 Å². The van der Waals surface area contributed by atoms with E-state index >= 15 is 0 Å². The van der Waals surface area contributed by atoms with Crippen molar-refractivity contribution >= 4 is 5.91 Å². The molecule has 100 valence electrons. The summed E-state index contributed by atoms with van der Waals surface area (Å²) in [6.45, 7) is 7.91. The maximum Gasteiger partial charge on any atom is 0.244 e. The lowest BCUT2D eigenvalue weighted by Crippen LogP contribution is -2.47. The smallest absolute Gasteiger partial charge is 0.244 e. The molecule has 0 spiro atoms. The van der Waals surface area contributed by atoms with Crippen LogP contribution in [0.4, 0.5) is 0 Å². The Morgan fingerprint density at radius 3 is 2.83 bits per heavy atom. The van der Waals surface area contributed by atoms with Gasteiger partial charge in [0, 0.05) is 32.4 Å². The van der Waals surface area contributed by atoms with Gasteiger partial charge in [-0.3, -0.25) is 4.79 Å². The highest BCUT2D eigenvalue weighted by Crippen LogP contribution is 2.04. The van der Waals surface area contributed by atoms with Crippen LogP contribution in [0.15, 0.2) is 6.20 Å². The largest absolute Gasteiger partial charge is 0.339 e. The molecule has 0 unspecified atom stereocenters. The highest BCUT2D eigenvalue weighted by molar-refractivity contribution is 5.76. The van der Waals surface area contributed by atoms with Gasteiger partial charge in [0.2, 0.25) is 5.91 Å². The van der Waals surface area contributed by atoms with Crippen molar-refractivity contribution in [1.29, 1.82) is 0 Å². The summed E-state index contributed by atoms with van der Waals surface area (Å²) in [5.74, 6) is 0.677. The minimum atomic E-state index is 0.123. The fraction of sp³-hybridized carbons (Fsp3) is 0.750. The van der Waals surface area contributed by atoms with Crippen LogP contribution < -0.4 is 5.32 Å². The molecule has 6 nitrogen and oxygen atoms in total. The second-order valence-electron chi connectivity index (χ2n) is 5.14. The molecular formula is C12H21N5O. The van der Waals surface area contributed by atoms with Crippen molar-refractivity contribution in [3.8, 4) is 0 Å². The van der Waals surface area contributed by atoms with Gasteiger partial charge in [0.25, 0.3) is 0 Å². The van der Waals surface area contributed by atoms with Gasteiger partial charge in [-0.1, -0.05) is 19.1 Å². The van der Waals surface area contributed by atoms with Crippen molar-refractivity contribution in [3.05, 3.63) is 11.9 Å². The van der Waals surface area contributed by atoms with Gasteiger partial charge < -0.3 is 10.2 Å². The van der Waals surface area contributed by atoms with Gasteiger partial charge in [0.05, 0.1) is 5.69 Å². The maximum absolute atomic E-state index is 12.0. The summed E-state index contributed by atoms with van der Waals surface area (Å²) in [5, 5.41) is 11.3. The molecule has 1 saturated heterocycles. The quantitative estimate of drug-likeness (QED) is 0.812. The first kappa shape index (κ1) is 13.0. The van der Waals surface area contributed by atoms with E-state index in [9.17, 15) is 4.79 Å². The van der Waals surface area contributed by atoms with E-state index in [4.69, 9.17) is 0 Å². The van der Waals surface area contributed by atoms with Crippen LogP contribution in [-0.4, -0.2) is 52.0 Å². The first-order valence-electron chi connectivity index (χ1n) is 6.52. The molecule has 1 aliphatic heterocycles. The number of carbonyl (C=O) groups excluding carboxylic acids is 1. The Labute approximate surface area is 107 Å². The van der Waals surface area contributed by atoms with E-state index in [0.717, 1.165) is 38.3 Å². The predicted molar refractivity (Wildman–Crippen MR) is 68.0 cm³/mol. The number of hydrogen-bond acceptors (Lipinski definition) is 4. The Morgan fingerprint density at radius 1 is 1.44 bits per heavy atom. The number of rotatable bonds is 4. The molecule has 0 bridgehead atoms. The van der Waals surface area contributed by atoms with Crippen LogP contribution in [0.1, 0.15) is 19.5 Å². The topological polar surface area (TPSA) is 63.1 Å². The minimum Gasteiger partial charge on any atom is -0.339 e. The highest BCUT2D eigenvalue weighted by Gasteiger charge is 2.17. The number of amides is 1. The summed E-state index contributed by atoms with van der Waals surface area (Å²) >= 11 is 0. The summed E-state index contributed by atoms with van der Waals surface area (Å²) < 4.78 is 1.64. The third-order valence-electron chi connectivity index (χ3n) is 2.97. The number of nitrogens with one attached hydrogen (secondary N) is 1. The van der Waals surface area contributed by atoms with E-state index in [1.54, 1.807) is 4.68 Å². The van der Waals surface area contributed by atoms with Gasteiger partial charge in [-0.15, -0.1) is 5.10 Å². The molecule has 1 aromatic rings. The fourth-order valence-electron chi connectivity index (χ4n) is 2.08. The SMILES string of the molecule is CC(C)Cc1cn(CC(=O)N2CCNCC2)nn1. The molecule has 1 aliphatic rings. The van der Waals surface area contributed by atoms with E-state index in [-0.39, 0.29) is 5.91 Å². The molecule has 6 heteroatoms. The lowest BCUT2D eigenvalue weighted by molar-refractivity contribution is -0.132. The van der Waals surface area contributed by atoms with Gasteiger partial charge in [-0.2, -0.15) is 0 Å². The average molecular weight is 251 g/mol. The summed E-state index contributed by atoms with van der Waals surface area (Å²) in [7, 11) is 0. The van der Waals surface area contributed by atoms with Crippen LogP contribution >= 0.6 is 0 Å². The molecule has 1 aromatic heterocycles. The zero-order valence-corrected chi connectivity index (χ0v) is 11.1. The number of nitrogens with zero attached hydrogens (tertiary/aromatic N) is 4. The number of carbonyl (C=O) groups is 1. The monoisotopic (exact) mass is 251 g/mol. The second-order valence-corrected chi connectivity index (χ2v) is 5.14. The Kier molecular flexibility index (Phi) is 4.30. The Balaban J connectivity index is 1.88. The summed E-state index contributed by atoms with van der Waals surface area (Å²) in [6, 6.07) is 0. The van der Waals surface area contributed by atoms with Crippen LogP contribution in [0.25, 0.3) is 0 Å². The van der Waals surface area contributed by atoms with E-state index in [1.165, 1.54) is 0 Å². The number of aromatic nitrogens is 3. The Bertz CT molecular complexity index is 395. The zero-order chi connectivity index (χ0) is 13.0. The maximum atomic E-state index is 12.0. The van der Waals surface area contributed by atoms with E-state index < -0.39 is 0 Å². The first-order valence-corrected chi connectivity index (χ1v) is 6.52. The Morgan fingerprint density at radius 2 is 2.17 bits per heavy atom. The van der Waals surface area contributed by atoms with Crippen molar-refractivity contribution in [1.82, 2.24) is 25.2 Å². The van der Waals surface area contributed by atoms with Crippen LogP contribution in [-0.2, 0) is 17.8 Å². The van der Waals surface area contributed by atoms with Crippen molar-refractivity contribution in [2.75, 3.05) is 26.2 Å². The zero-order valence-electron chi connectivity index (χ0n) is 11.1. The number of hydrogen-bond donors (Lipinski definition) is 1. The molecule has 1 N–H and O–H groups in total. The third-order valence-corrected chi connectivity index (χ3v) is 2.97. The average Bonchev–Trinajstić information content (AvgIpc) is 2.76. The molecule has 0 saturated carbocycles. The van der Waals surface area contributed by atoms with Crippen molar-refractivity contribution in [3.63, 3.8) is 0 Å². The standard InChI is InChI=1S/C12H21N5O/c1-10(2)7-11-8-17(15-14-11)9-12(18)16-5-3-13-4-6-16/h8,10,13H,3-7,9H2,1-2H3. The molecule has 18 heavy (non-hydrogen) atoms. The first-order chi connectivity index (χ1) is 8.65. The molecule has 0 aliphatic carbocycles. The van der Waals surface area contributed by atoms with E-state index in [0.29, 0.717) is 12.5 Å². The van der Waals surface area contributed by atoms with Gasteiger partial charge in [0.15, 0.2) is 0 Å². The molecule has 2 heterocycles. The third kappa shape index (κ3) is 3.53. The molecule has 1 fully saturated rings. The van der Waals surface area contributed by atoms with Crippen molar-refractivity contribution < 1.29 is 4.79 Å². The van der Waals surface area contributed by atoms with E-state index in [2.05, 4.69) is 29.5 Å². The lowest BCUT2D eigenvalue weighted by atomic mass is 10.1. The molecule has 1 amide bonds.